The summed E-state index contributed by atoms with van der Waals surface area (Å²) in [5.41, 5.74) is 1.82. The number of likely N-dealkylation sites (tertiary alicyclic amines) is 1. The molecule has 0 spiro atoms. The summed E-state index contributed by atoms with van der Waals surface area (Å²) < 4.78 is 13.4. The average molecular weight is 318 g/mol. The van der Waals surface area contributed by atoms with E-state index in [0.717, 1.165) is 30.5 Å². The number of carbonyl (C=O) groups excluding carboxylic acids is 1. The van der Waals surface area contributed by atoms with Crippen LogP contribution in [0.25, 0.3) is 0 Å². The first kappa shape index (κ1) is 15.0. The van der Waals surface area contributed by atoms with Crippen LogP contribution in [0, 0.1) is 5.82 Å². The minimum absolute atomic E-state index is 0.0181. The van der Waals surface area contributed by atoms with Gasteiger partial charge in [-0.3, -0.25) is 4.79 Å². The minimum atomic E-state index is -0.255. The molecule has 4 heteroatoms. The van der Waals surface area contributed by atoms with Gasteiger partial charge in [-0.25, -0.2) is 4.39 Å². The first-order valence-corrected chi connectivity index (χ1v) is 7.80. The normalized spacial score (nSPS) is 17.7. The Morgan fingerprint density at radius 1 is 1.23 bits per heavy atom. The number of hydrogen-bond donors (Lipinski definition) is 0. The zero-order valence-electron chi connectivity index (χ0n) is 12.1. The molecule has 1 aliphatic rings. The second-order valence-corrected chi connectivity index (χ2v) is 6.04. The maximum atomic E-state index is 13.4. The summed E-state index contributed by atoms with van der Waals surface area (Å²) in [5.74, 6) is -0.177. The van der Waals surface area contributed by atoms with Gasteiger partial charge in [-0.1, -0.05) is 35.9 Å². The summed E-state index contributed by atoms with van der Waals surface area (Å²) in [6, 6.07) is 13.8. The van der Waals surface area contributed by atoms with Crippen LogP contribution in [-0.4, -0.2) is 17.4 Å². The lowest BCUT2D eigenvalue weighted by molar-refractivity contribution is -0.131. The molecule has 1 saturated heterocycles. The van der Waals surface area contributed by atoms with Crippen molar-refractivity contribution in [2.45, 2.75) is 25.3 Å². The number of hydrogen-bond acceptors (Lipinski definition) is 1. The molecule has 1 atom stereocenters. The number of rotatable bonds is 3. The van der Waals surface area contributed by atoms with Crippen LogP contribution in [-0.2, 0) is 11.2 Å². The molecule has 0 bridgehead atoms. The lowest BCUT2D eigenvalue weighted by atomic mass is 10.0. The second kappa shape index (κ2) is 6.49. The van der Waals surface area contributed by atoms with E-state index in [4.69, 9.17) is 11.6 Å². The van der Waals surface area contributed by atoms with E-state index < -0.39 is 0 Å². The highest BCUT2D eigenvalue weighted by Crippen LogP contribution is 2.32. The van der Waals surface area contributed by atoms with Gasteiger partial charge in [0.05, 0.1) is 12.5 Å². The van der Waals surface area contributed by atoms with E-state index in [9.17, 15) is 9.18 Å². The van der Waals surface area contributed by atoms with Crippen molar-refractivity contribution in [1.29, 1.82) is 0 Å². The van der Waals surface area contributed by atoms with E-state index in [2.05, 4.69) is 0 Å². The first-order valence-electron chi connectivity index (χ1n) is 7.43. The van der Waals surface area contributed by atoms with Crippen molar-refractivity contribution in [3.63, 3.8) is 0 Å². The van der Waals surface area contributed by atoms with Crippen molar-refractivity contribution >= 4 is 17.5 Å². The van der Waals surface area contributed by atoms with Crippen molar-refractivity contribution < 1.29 is 9.18 Å². The van der Waals surface area contributed by atoms with Crippen molar-refractivity contribution in [2.24, 2.45) is 0 Å². The molecular weight excluding hydrogens is 301 g/mol. The van der Waals surface area contributed by atoms with Gasteiger partial charge in [0.2, 0.25) is 5.91 Å². The van der Waals surface area contributed by atoms with E-state index >= 15 is 0 Å². The summed E-state index contributed by atoms with van der Waals surface area (Å²) in [7, 11) is 0. The Labute approximate surface area is 134 Å². The highest BCUT2D eigenvalue weighted by Gasteiger charge is 2.29. The fourth-order valence-electron chi connectivity index (χ4n) is 3.00. The average Bonchev–Trinajstić information content (AvgIpc) is 2.99. The van der Waals surface area contributed by atoms with Crippen molar-refractivity contribution in [1.82, 2.24) is 4.90 Å². The lowest BCUT2D eigenvalue weighted by Crippen LogP contribution is -2.31. The molecule has 0 aliphatic carbocycles. The fourth-order valence-corrected chi connectivity index (χ4v) is 3.13. The van der Waals surface area contributed by atoms with Crippen LogP contribution in [0.15, 0.2) is 48.5 Å². The van der Waals surface area contributed by atoms with E-state index in [1.807, 2.05) is 23.1 Å². The predicted molar refractivity (Wildman–Crippen MR) is 85.2 cm³/mol. The fraction of sp³-hybridized carbons (Fsp3) is 0.278. The van der Waals surface area contributed by atoms with Gasteiger partial charge in [0.1, 0.15) is 5.82 Å². The van der Waals surface area contributed by atoms with Crippen LogP contribution in [0.1, 0.15) is 30.0 Å². The number of halogens is 2. The van der Waals surface area contributed by atoms with Crippen LogP contribution in [0.4, 0.5) is 4.39 Å². The molecule has 2 aromatic carbocycles. The largest absolute Gasteiger partial charge is 0.335 e. The molecule has 1 fully saturated rings. The van der Waals surface area contributed by atoms with Crippen LogP contribution in [0.2, 0.25) is 5.02 Å². The first-order chi connectivity index (χ1) is 10.6. The molecule has 22 heavy (non-hydrogen) atoms. The molecule has 2 aromatic rings. The molecule has 1 heterocycles. The number of carbonyl (C=O) groups is 1. The van der Waals surface area contributed by atoms with Gasteiger partial charge in [0, 0.05) is 11.6 Å². The van der Waals surface area contributed by atoms with Gasteiger partial charge in [-0.2, -0.15) is 0 Å². The zero-order valence-corrected chi connectivity index (χ0v) is 12.9. The molecular formula is C18H17ClFNO. The topological polar surface area (TPSA) is 20.3 Å². The number of benzene rings is 2. The molecule has 0 N–H and O–H groups in total. The van der Waals surface area contributed by atoms with E-state index in [0.29, 0.717) is 11.4 Å². The van der Waals surface area contributed by atoms with Gasteiger partial charge in [-0.15, -0.1) is 0 Å². The highest BCUT2D eigenvalue weighted by atomic mass is 35.5. The van der Waals surface area contributed by atoms with Crippen LogP contribution >= 0.6 is 11.6 Å². The Morgan fingerprint density at radius 2 is 2.00 bits per heavy atom. The summed E-state index contributed by atoms with van der Waals surface area (Å²) in [4.78, 5) is 14.4. The molecule has 3 rings (SSSR count). The minimum Gasteiger partial charge on any atom is -0.335 e. The summed E-state index contributed by atoms with van der Waals surface area (Å²) in [5, 5.41) is 0.662. The van der Waals surface area contributed by atoms with Crippen molar-refractivity contribution in [3.8, 4) is 0 Å². The molecule has 114 valence electrons. The molecule has 0 radical (unpaired) electrons. The van der Waals surface area contributed by atoms with E-state index in [1.54, 1.807) is 18.2 Å². The van der Waals surface area contributed by atoms with Gasteiger partial charge in [0.15, 0.2) is 0 Å². The number of nitrogens with zero attached hydrogens (tertiary/aromatic N) is 1. The van der Waals surface area contributed by atoms with E-state index in [1.165, 1.54) is 12.1 Å². The van der Waals surface area contributed by atoms with Crippen LogP contribution < -0.4 is 0 Å². The molecule has 0 saturated carbocycles. The van der Waals surface area contributed by atoms with Crippen molar-refractivity contribution in [3.05, 3.63) is 70.5 Å². The van der Waals surface area contributed by atoms with Gasteiger partial charge < -0.3 is 4.90 Å². The van der Waals surface area contributed by atoms with Crippen molar-refractivity contribution in [2.75, 3.05) is 6.54 Å². The summed E-state index contributed by atoms with van der Waals surface area (Å²) in [6.45, 7) is 0.730. The Bertz CT molecular complexity index is 671. The third-order valence-electron chi connectivity index (χ3n) is 4.08. The van der Waals surface area contributed by atoms with Gasteiger partial charge in [-0.05, 0) is 48.2 Å². The monoisotopic (exact) mass is 317 g/mol. The van der Waals surface area contributed by atoms with Crippen LogP contribution in [0.5, 0.6) is 0 Å². The Morgan fingerprint density at radius 3 is 2.73 bits per heavy atom. The quantitative estimate of drug-likeness (QED) is 0.822. The lowest BCUT2D eigenvalue weighted by Gasteiger charge is -2.25. The van der Waals surface area contributed by atoms with Crippen LogP contribution in [0.3, 0.4) is 0 Å². The third-order valence-corrected chi connectivity index (χ3v) is 4.33. The smallest absolute Gasteiger partial charge is 0.227 e. The maximum Gasteiger partial charge on any atom is 0.227 e. The van der Waals surface area contributed by atoms with Gasteiger partial charge >= 0.3 is 0 Å². The number of amides is 1. The molecule has 2 nitrogen and oxygen atoms in total. The third kappa shape index (κ3) is 3.30. The predicted octanol–water partition coefficient (Wildman–Crippen LogP) is 4.39. The van der Waals surface area contributed by atoms with E-state index in [-0.39, 0.29) is 17.8 Å². The molecule has 0 aromatic heterocycles. The summed E-state index contributed by atoms with van der Waals surface area (Å²) >= 11 is 5.86. The molecule has 1 amide bonds. The molecule has 1 aliphatic heterocycles. The Balaban J connectivity index is 1.75. The second-order valence-electron chi connectivity index (χ2n) is 5.60. The maximum absolute atomic E-state index is 13.4. The molecule has 1 unspecified atom stereocenters. The van der Waals surface area contributed by atoms with Gasteiger partial charge in [0.25, 0.3) is 0 Å². The zero-order chi connectivity index (χ0) is 15.5. The highest BCUT2D eigenvalue weighted by molar-refractivity contribution is 6.30. The summed E-state index contributed by atoms with van der Waals surface area (Å²) in [6.07, 6.45) is 2.19. The standard InChI is InChI=1S/C18H17ClFNO/c19-15-8-6-13(7-9-15)11-18(22)21-10-2-5-17(21)14-3-1-4-16(20)12-14/h1,3-4,6-9,12,17H,2,5,10-11H2. The Kier molecular flexibility index (Phi) is 4.44. The SMILES string of the molecule is O=C(Cc1ccc(Cl)cc1)N1CCCC1c1cccc(F)c1. The Hall–Kier alpha value is -1.87.